The molecule has 0 aromatic heterocycles. The summed E-state index contributed by atoms with van der Waals surface area (Å²) in [5, 5.41) is 19.3. The molecule has 0 aromatic carbocycles. The largest absolute Gasteiger partial charge is 3.00 e. The first-order chi connectivity index (χ1) is 4.04. The Labute approximate surface area is 73.4 Å². The molecule has 0 saturated carbocycles. The van der Waals surface area contributed by atoms with Crippen molar-refractivity contribution >= 4 is 29.3 Å². The van der Waals surface area contributed by atoms with Crippen molar-refractivity contribution in [2.75, 3.05) is 0 Å². The van der Waals surface area contributed by atoms with E-state index in [4.69, 9.17) is 5.73 Å². The molecule has 60 valence electrons. The zero-order valence-corrected chi connectivity index (χ0v) is 6.67. The molecule has 3 N–H and O–H groups in total. The first-order valence-corrected chi connectivity index (χ1v) is 2.20. The van der Waals surface area contributed by atoms with Gasteiger partial charge < -0.3 is 31.0 Å². The first kappa shape index (κ1) is 16.8. The van der Waals surface area contributed by atoms with E-state index in [1.165, 1.54) is 0 Å². The summed E-state index contributed by atoms with van der Waals surface area (Å²) >= 11 is 0. The predicted octanol–water partition coefficient (Wildman–Crippen LogP) is -4.35. The maximum atomic E-state index is 9.71. The number of hydrogen-bond donors (Lipinski definition) is 1. The van der Waals surface area contributed by atoms with E-state index in [9.17, 15) is 19.8 Å². The third-order valence-corrected chi connectivity index (χ3v) is 0.689. The number of carboxylic acid groups (broad SMARTS) is 2. The zero-order valence-electron chi connectivity index (χ0n) is 5.52. The van der Waals surface area contributed by atoms with Crippen LogP contribution in [0.3, 0.4) is 0 Å². The second kappa shape index (κ2) is 7.50. The number of carbonyl (C=O) groups excluding carboxylic acids is 2. The molecule has 0 aliphatic heterocycles. The van der Waals surface area contributed by atoms with Crippen LogP contribution in [-0.4, -0.2) is 40.8 Å². The summed E-state index contributed by atoms with van der Waals surface area (Å²) in [4.78, 5) is 19.3. The van der Waals surface area contributed by atoms with Gasteiger partial charge in [-0.2, -0.15) is 0 Å². The Morgan fingerprint density at radius 2 is 1.73 bits per heavy atom. The van der Waals surface area contributed by atoms with Gasteiger partial charge >= 0.3 is 17.4 Å². The molecule has 0 aliphatic rings. The third-order valence-electron chi connectivity index (χ3n) is 0.689. The van der Waals surface area contributed by atoms with Gasteiger partial charge in [0, 0.05) is 18.4 Å². The number of carbonyl (C=O) groups is 2. The molecule has 0 fully saturated rings. The number of hydrogen-bond acceptors (Lipinski definition) is 6. The SMILES string of the molecule is N[C@@H](CC(=O)[O-])C(=O)[O-].[Al+3].[OH-]. The average molecular weight is 175 g/mol. The fourth-order valence-corrected chi connectivity index (χ4v) is 0.263. The fourth-order valence-electron chi connectivity index (χ4n) is 0.263. The van der Waals surface area contributed by atoms with Gasteiger partial charge in [0.2, 0.25) is 0 Å². The van der Waals surface area contributed by atoms with Crippen LogP contribution in [0.25, 0.3) is 0 Å². The Bertz CT molecular complexity index is 138. The molecular weight excluding hydrogens is 169 g/mol. The Balaban J connectivity index is -0.000000320. The molecule has 0 unspecified atom stereocenters. The molecule has 11 heavy (non-hydrogen) atoms. The van der Waals surface area contributed by atoms with E-state index in [-0.39, 0.29) is 22.8 Å². The van der Waals surface area contributed by atoms with Gasteiger partial charge in [0.25, 0.3) is 0 Å². The van der Waals surface area contributed by atoms with Crippen molar-refractivity contribution in [3.63, 3.8) is 0 Å². The third kappa shape index (κ3) is 9.39. The van der Waals surface area contributed by atoms with Crippen molar-refractivity contribution in [3.8, 4) is 0 Å². The predicted molar refractivity (Wildman–Crippen MR) is 30.3 cm³/mol. The minimum Gasteiger partial charge on any atom is -0.870 e. The van der Waals surface area contributed by atoms with Gasteiger partial charge in [-0.1, -0.05) is 0 Å². The van der Waals surface area contributed by atoms with Crippen LogP contribution in [0.1, 0.15) is 6.42 Å². The zero-order chi connectivity index (χ0) is 7.44. The standard InChI is InChI=1S/C4H7NO4.Al.H2O/c5-2(4(8)9)1-3(6)7;;/h2H,1,5H2,(H,6,7)(H,8,9);;1H2/q;+3;/p-3/t2-;;/m0../s1. The topological polar surface area (TPSA) is 136 Å². The number of nitrogens with two attached hydrogens (primary N) is 1. The molecule has 0 aromatic rings. The van der Waals surface area contributed by atoms with Crippen molar-refractivity contribution in [3.05, 3.63) is 0 Å². The van der Waals surface area contributed by atoms with Gasteiger partial charge in [0.1, 0.15) is 0 Å². The maximum absolute atomic E-state index is 9.71. The van der Waals surface area contributed by atoms with E-state index in [2.05, 4.69) is 0 Å². The number of rotatable bonds is 3. The van der Waals surface area contributed by atoms with Crippen LogP contribution in [0, 0.1) is 0 Å². The molecule has 7 heteroatoms. The molecule has 0 saturated heterocycles. The molecule has 6 nitrogen and oxygen atoms in total. The molecule has 0 bridgehead atoms. The molecule has 0 amide bonds. The van der Waals surface area contributed by atoms with Gasteiger partial charge in [-0.3, -0.25) is 0 Å². The van der Waals surface area contributed by atoms with Gasteiger partial charge in [-0.25, -0.2) is 0 Å². The Morgan fingerprint density at radius 3 is 1.82 bits per heavy atom. The Morgan fingerprint density at radius 1 is 1.36 bits per heavy atom. The van der Waals surface area contributed by atoms with Crippen LogP contribution in [0.15, 0.2) is 0 Å². The number of aliphatic carboxylic acids is 2. The van der Waals surface area contributed by atoms with Crippen molar-refractivity contribution in [1.29, 1.82) is 0 Å². The number of carboxylic acids is 2. The minimum absolute atomic E-state index is 0. The summed E-state index contributed by atoms with van der Waals surface area (Å²) in [7, 11) is 0. The van der Waals surface area contributed by atoms with Crippen LogP contribution in [0.2, 0.25) is 0 Å². The quantitative estimate of drug-likeness (QED) is 0.430. The summed E-state index contributed by atoms with van der Waals surface area (Å²) in [5.74, 6) is -3.08. The Hall–Kier alpha value is -0.608. The maximum Gasteiger partial charge on any atom is 3.00 e. The molecule has 0 spiro atoms. The molecule has 1 atom stereocenters. The summed E-state index contributed by atoms with van der Waals surface area (Å²) < 4.78 is 0. The smallest absolute Gasteiger partial charge is 0.870 e. The van der Waals surface area contributed by atoms with E-state index in [1.807, 2.05) is 0 Å². The second-order valence-electron chi connectivity index (χ2n) is 1.50. The molecule has 0 aliphatic carbocycles. The van der Waals surface area contributed by atoms with Crippen molar-refractivity contribution in [2.24, 2.45) is 5.73 Å². The molecule has 0 heterocycles. The van der Waals surface area contributed by atoms with Gasteiger partial charge in [0.05, 0.1) is 5.97 Å². The van der Waals surface area contributed by atoms with Gasteiger partial charge in [-0.15, -0.1) is 0 Å². The molecule has 0 radical (unpaired) electrons. The molecular formula is C4H6AlNO5. The Kier molecular flexibility index (Phi) is 11.4. The van der Waals surface area contributed by atoms with E-state index in [0.717, 1.165) is 0 Å². The monoisotopic (exact) mass is 175 g/mol. The first-order valence-electron chi connectivity index (χ1n) is 2.20. The van der Waals surface area contributed by atoms with Crippen molar-refractivity contribution < 1.29 is 25.3 Å². The van der Waals surface area contributed by atoms with Crippen molar-refractivity contribution in [2.45, 2.75) is 12.5 Å². The van der Waals surface area contributed by atoms with E-state index < -0.39 is 24.4 Å². The normalized spacial score (nSPS) is 10.3. The summed E-state index contributed by atoms with van der Waals surface area (Å²) in [5.41, 5.74) is 4.73. The fraction of sp³-hybridized carbons (Fsp3) is 0.500. The van der Waals surface area contributed by atoms with Crippen LogP contribution in [0.4, 0.5) is 0 Å². The van der Waals surface area contributed by atoms with Crippen molar-refractivity contribution in [1.82, 2.24) is 0 Å². The summed E-state index contributed by atoms with van der Waals surface area (Å²) in [6, 6.07) is -1.46. The minimum atomic E-state index is -1.58. The van der Waals surface area contributed by atoms with Crippen LogP contribution < -0.4 is 15.9 Å². The van der Waals surface area contributed by atoms with Crippen LogP contribution >= 0.6 is 0 Å². The van der Waals surface area contributed by atoms with Crippen LogP contribution in [-0.2, 0) is 9.59 Å². The van der Waals surface area contributed by atoms with Gasteiger partial charge in [-0.05, 0) is 0 Å². The van der Waals surface area contributed by atoms with Crippen LogP contribution in [0.5, 0.6) is 0 Å². The van der Waals surface area contributed by atoms with E-state index in [1.54, 1.807) is 0 Å². The van der Waals surface area contributed by atoms with Gasteiger partial charge in [0.15, 0.2) is 0 Å². The van der Waals surface area contributed by atoms with E-state index in [0.29, 0.717) is 0 Å². The van der Waals surface area contributed by atoms with E-state index >= 15 is 0 Å². The summed E-state index contributed by atoms with van der Waals surface area (Å²) in [6.45, 7) is 0. The molecule has 0 rings (SSSR count). The second-order valence-corrected chi connectivity index (χ2v) is 1.50. The average Bonchev–Trinajstić information content (AvgIpc) is 1.63. The summed E-state index contributed by atoms with van der Waals surface area (Å²) in [6.07, 6.45) is -0.706.